The van der Waals surface area contributed by atoms with Crippen molar-refractivity contribution in [3.05, 3.63) is 188 Å². The van der Waals surface area contributed by atoms with Gasteiger partial charge >= 0.3 is 0 Å². The van der Waals surface area contributed by atoms with Crippen LogP contribution in [0.25, 0.3) is 22.6 Å². The summed E-state index contributed by atoms with van der Waals surface area (Å²) < 4.78 is 14.2. The average Bonchev–Trinajstić information content (AvgIpc) is 3.75. The van der Waals surface area contributed by atoms with Gasteiger partial charge in [-0.2, -0.15) is 0 Å². The van der Waals surface area contributed by atoms with Crippen molar-refractivity contribution >= 4 is 45.5 Å². The Kier molecular flexibility index (Phi) is 7.94. The number of benzene rings is 7. The Morgan fingerprint density at radius 1 is 0.536 bits per heavy atom. The Morgan fingerprint density at radius 2 is 1.02 bits per heavy atom. The van der Waals surface area contributed by atoms with Crippen molar-refractivity contribution in [2.24, 2.45) is 11.6 Å². The van der Waals surface area contributed by atoms with Gasteiger partial charge in [0.05, 0.1) is 46.0 Å². The molecule has 2 aliphatic heterocycles. The number of hydrazine groups is 1. The Morgan fingerprint density at radius 3 is 1.57 bits per heavy atom. The molecule has 0 fully saturated rings. The van der Waals surface area contributed by atoms with Crippen molar-refractivity contribution < 1.29 is 9.47 Å². The van der Waals surface area contributed by atoms with Gasteiger partial charge in [0.1, 0.15) is 5.69 Å². The summed E-state index contributed by atoms with van der Waals surface area (Å²) in [5.41, 5.74) is 17.0. The normalized spacial score (nSPS) is 12.8. The molecule has 3 heterocycles. The Labute approximate surface area is 323 Å². The third kappa shape index (κ3) is 5.83. The van der Waals surface area contributed by atoms with Crippen molar-refractivity contribution in [3.63, 3.8) is 0 Å². The molecule has 0 saturated heterocycles. The number of hydrogen-bond acceptors (Lipinski definition) is 9. The minimum atomic E-state index is 0.512. The lowest BCUT2D eigenvalue weighted by Gasteiger charge is -2.33. The number of fused-ring (bicyclic) bond motifs is 4. The topological polar surface area (TPSA) is 111 Å². The van der Waals surface area contributed by atoms with Gasteiger partial charge < -0.3 is 25.0 Å². The van der Waals surface area contributed by atoms with Crippen LogP contribution in [0.4, 0.5) is 39.8 Å². The number of anilines is 7. The Balaban J connectivity index is 0.881. The second-order valence-electron chi connectivity index (χ2n) is 13.4. The van der Waals surface area contributed by atoms with E-state index >= 15 is 0 Å². The van der Waals surface area contributed by atoms with Crippen LogP contribution in [-0.2, 0) is 0 Å². The van der Waals surface area contributed by atoms with Gasteiger partial charge in [0, 0.05) is 23.1 Å². The summed E-state index contributed by atoms with van der Waals surface area (Å²) in [5.74, 6) is 9.78. The second kappa shape index (κ2) is 13.5. The quantitative estimate of drug-likeness (QED) is 0.122. The van der Waals surface area contributed by atoms with Gasteiger partial charge in [-0.25, -0.2) is 10.5 Å². The van der Waals surface area contributed by atoms with E-state index in [2.05, 4.69) is 50.4 Å². The summed E-state index contributed by atoms with van der Waals surface area (Å²) in [7, 11) is 0. The van der Waals surface area contributed by atoms with Crippen LogP contribution in [0.1, 0.15) is 5.56 Å². The molecule has 0 atom stereocenters. The zero-order valence-corrected chi connectivity index (χ0v) is 30.0. The van der Waals surface area contributed by atoms with E-state index in [0.717, 1.165) is 85.3 Å². The van der Waals surface area contributed by atoms with Crippen molar-refractivity contribution in [1.82, 2.24) is 15.0 Å². The third-order valence-electron chi connectivity index (χ3n) is 9.89. The maximum Gasteiger partial charge on any atom is 0.151 e. The van der Waals surface area contributed by atoms with Crippen LogP contribution in [0.5, 0.6) is 23.0 Å². The van der Waals surface area contributed by atoms with Gasteiger partial charge in [-0.3, -0.25) is 5.01 Å². The summed E-state index contributed by atoms with van der Waals surface area (Å²) >= 11 is 0. The average molecular weight is 731 g/mol. The molecule has 0 radical (unpaired) electrons. The van der Waals surface area contributed by atoms with Crippen LogP contribution < -0.4 is 35.9 Å². The van der Waals surface area contributed by atoms with Crippen molar-refractivity contribution in [1.29, 1.82) is 0 Å². The highest BCUT2D eigenvalue weighted by Gasteiger charge is 2.27. The van der Waals surface area contributed by atoms with Gasteiger partial charge in [0.15, 0.2) is 23.0 Å². The minimum absolute atomic E-state index is 0.512. The van der Waals surface area contributed by atoms with E-state index in [9.17, 15) is 0 Å². The van der Waals surface area contributed by atoms with Crippen LogP contribution in [0.3, 0.4) is 0 Å². The predicted molar refractivity (Wildman–Crippen MR) is 222 cm³/mol. The molecular weight excluding hydrogens is 697 g/mol. The van der Waals surface area contributed by atoms with E-state index in [-0.39, 0.29) is 0 Å². The lowest BCUT2D eigenvalue weighted by molar-refractivity contribution is 0.477. The van der Waals surface area contributed by atoms with E-state index in [4.69, 9.17) is 21.1 Å². The van der Waals surface area contributed by atoms with E-state index < -0.39 is 0 Å². The van der Waals surface area contributed by atoms with Crippen LogP contribution in [0, 0.1) is 0 Å². The Hall–Kier alpha value is -7.82. The first kappa shape index (κ1) is 32.8. The molecule has 0 saturated carbocycles. The van der Waals surface area contributed by atoms with Crippen LogP contribution in [0.2, 0.25) is 0 Å². The monoisotopic (exact) mass is 730 g/mol. The molecule has 0 bridgehead atoms. The fourth-order valence-corrected chi connectivity index (χ4v) is 7.19. The minimum Gasteiger partial charge on any atom is -0.453 e. The first-order valence-corrected chi connectivity index (χ1v) is 18.1. The molecule has 0 aliphatic carbocycles. The maximum atomic E-state index is 6.61. The fourth-order valence-electron chi connectivity index (χ4n) is 7.19. The molecule has 0 spiro atoms. The van der Waals surface area contributed by atoms with E-state index in [0.29, 0.717) is 5.70 Å². The zero-order chi connectivity index (χ0) is 37.6. The van der Waals surface area contributed by atoms with Crippen molar-refractivity contribution in [3.8, 4) is 39.9 Å². The molecule has 56 heavy (non-hydrogen) atoms. The lowest BCUT2D eigenvalue weighted by atomic mass is 10.1. The number of nitrogens with zero attached hydrogens (tertiary/aromatic N) is 6. The van der Waals surface area contributed by atoms with Crippen LogP contribution >= 0.6 is 0 Å². The molecule has 10 heteroatoms. The Bertz CT molecular complexity index is 2690. The van der Waals surface area contributed by atoms with Crippen molar-refractivity contribution in [2.45, 2.75) is 0 Å². The van der Waals surface area contributed by atoms with Gasteiger partial charge in [-0.05, 0) is 90.5 Å². The van der Waals surface area contributed by atoms with Gasteiger partial charge in [-0.1, -0.05) is 90.1 Å². The number of rotatable bonds is 7. The molecule has 0 unspecified atom stereocenters. The number of para-hydroxylation sites is 8. The molecule has 1 aromatic heterocycles. The zero-order valence-electron chi connectivity index (χ0n) is 30.0. The van der Waals surface area contributed by atoms with Gasteiger partial charge in [0.25, 0.3) is 0 Å². The molecule has 0 amide bonds. The van der Waals surface area contributed by atoms with Crippen LogP contribution in [0.15, 0.2) is 182 Å². The summed E-state index contributed by atoms with van der Waals surface area (Å²) in [6.07, 6.45) is 3.65. The van der Waals surface area contributed by atoms with Crippen LogP contribution in [-0.4, -0.2) is 15.0 Å². The van der Waals surface area contributed by atoms with Gasteiger partial charge in [0.2, 0.25) is 0 Å². The molecule has 10 rings (SSSR count). The first-order chi connectivity index (χ1) is 27.6. The number of ether oxygens (including phenoxy) is 2. The predicted octanol–water partition coefficient (Wildman–Crippen LogP) is 10.7. The number of hydrogen-bond donors (Lipinski definition) is 2. The molecule has 2 aliphatic rings. The molecule has 8 aromatic rings. The molecular formula is C46H34N8O2. The van der Waals surface area contributed by atoms with Crippen molar-refractivity contribution in [2.75, 3.05) is 14.8 Å². The molecule has 4 N–H and O–H groups in total. The standard InChI is InChI=1S/C46H34N8O2/c47-37(29-51(48)33-11-9-13-35(27-33)53-39-15-1-5-19-43(39)55-44-20-6-2-16-40(44)53)31-23-25-32(26-24-31)38-30-52(50-49-38)34-12-10-14-36(28-34)54-41-17-3-7-21-45(41)56-46-22-8-4-18-42(46)54/h1-30H,47-48H2/b37-29-. The third-order valence-corrected chi connectivity index (χ3v) is 9.89. The second-order valence-corrected chi connectivity index (χ2v) is 13.4. The highest BCUT2D eigenvalue weighted by atomic mass is 16.5. The van der Waals surface area contributed by atoms with Gasteiger partial charge in [-0.15, -0.1) is 5.10 Å². The summed E-state index contributed by atoms with van der Waals surface area (Å²) in [5, 5.41) is 10.5. The highest BCUT2D eigenvalue weighted by molar-refractivity contribution is 5.88. The molecule has 10 nitrogen and oxygen atoms in total. The highest BCUT2D eigenvalue weighted by Crippen LogP contribution is 2.51. The molecule has 270 valence electrons. The smallest absolute Gasteiger partial charge is 0.151 e. The maximum absolute atomic E-state index is 6.61. The summed E-state index contributed by atoms with van der Waals surface area (Å²) in [6.45, 7) is 0. The van der Waals surface area contributed by atoms with E-state index in [1.165, 1.54) is 0 Å². The number of nitrogens with two attached hydrogens (primary N) is 2. The first-order valence-electron chi connectivity index (χ1n) is 18.1. The summed E-state index contributed by atoms with van der Waals surface area (Å²) in [4.78, 5) is 4.38. The number of aromatic nitrogens is 3. The largest absolute Gasteiger partial charge is 0.453 e. The van der Waals surface area contributed by atoms with E-state index in [1.807, 2.05) is 146 Å². The van der Waals surface area contributed by atoms with E-state index in [1.54, 1.807) is 15.9 Å². The fraction of sp³-hybridized carbons (Fsp3) is 0. The summed E-state index contributed by atoms with van der Waals surface area (Å²) in [6, 6.07) is 56.2. The molecule has 7 aromatic carbocycles. The SMILES string of the molecule is N/C(=C\N(N)c1cccc(N2c3ccccc3Oc3ccccc32)c1)c1ccc(-c2cn(-c3cccc(N4c5ccccc5Oc5ccccc54)c3)nn2)cc1. The lowest BCUT2D eigenvalue weighted by Crippen LogP contribution is -2.26.